The molecule has 28 heavy (non-hydrogen) atoms. The van der Waals surface area contributed by atoms with Gasteiger partial charge in [-0.3, -0.25) is 4.79 Å². The Hall–Kier alpha value is -2.08. The first-order valence-corrected chi connectivity index (χ1v) is 9.29. The standard InChI is InChI=1S/C21H24N4O.2ClH/c26-21(24-19-7-12-23-20-18(19)6-11-22-20)17-9-14-25(15-10-17)13-8-16-4-2-1-3-5-16;;/h1-7,11-12,17H,8-10,13-15H2,(H2,22,23,24,26);2*1H. The van der Waals surface area contributed by atoms with Crippen molar-refractivity contribution in [1.29, 1.82) is 0 Å². The molecule has 1 amide bonds. The van der Waals surface area contributed by atoms with Crippen LogP contribution in [0, 0.1) is 5.92 Å². The minimum absolute atomic E-state index is 0. The number of benzene rings is 1. The van der Waals surface area contributed by atoms with Crippen LogP contribution in [0.25, 0.3) is 11.0 Å². The minimum Gasteiger partial charge on any atom is -0.346 e. The summed E-state index contributed by atoms with van der Waals surface area (Å²) in [6, 6.07) is 14.4. The number of aromatic nitrogens is 2. The molecule has 0 radical (unpaired) electrons. The number of piperidine rings is 1. The van der Waals surface area contributed by atoms with E-state index >= 15 is 0 Å². The molecule has 0 bridgehead atoms. The molecule has 3 heterocycles. The van der Waals surface area contributed by atoms with Gasteiger partial charge in [-0.1, -0.05) is 30.3 Å². The lowest BCUT2D eigenvalue weighted by atomic mass is 9.95. The fourth-order valence-electron chi connectivity index (χ4n) is 3.66. The quantitative estimate of drug-likeness (QED) is 0.646. The largest absolute Gasteiger partial charge is 0.346 e. The van der Waals surface area contributed by atoms with Crippen molar-refractivity contribution in [3.8, 4) is 0 Å². The lowest BCUT2D eigenvalue weighted by Gasteiger charge is -2.31. The van der Waals surface area contributed by atoms with Crippen LogP contribution in [-0.4, -0.2) is 40.4 Å². The maximum atomic E-state index is 12.7. The summed E-state index contributed by atoms with van der Waals surface area (Å²) < 4.78 is 0. The smallest absolute Gasteiger partial charge is 0.227 e. The van der Waals surface area contributed by atoms with Gasteiger partial charge in [-0.05, 0) is 50.0 Å². The Morgan fingerprint density at radius 2 is 1.86 bits per heavy atom. The van der Waals surface area contributed by atoms with Crippen molar-refractivity contribution in [1.82, 2.24) is 14.9 Å². The lowest BCUT2D eigenvalue weighted by Crippen LogP contribution is -2.39. The number of rotatable bonds is 5. The Balaban J connectivity index is 0.00000140. The van der Waals surface area contributed by atoms with E-state index in [0.717, 1.165) is 55.6 Å². The molecule has 4 rings (SSSR count). The Kier molecular flexibility index (Phi) is 8.30. The van der Waals surface area contributed by atoms with Crippen molar-refractivity contribution in [3.63, 3.8) is 0 Å². The average molecular weight is 421 g/mol. The first-order valence-electron chi connectivity index (χ1n) is 9.29. The van der Waals surface area contributed by atoms with Gasteiger partial charge in [0.05, 0.1) is 5.69 Å². The number of carbonyl (C=O) groups excluding carboxylic acids is 1. The van der Waals surface area contributed by atoms with Crippen molar-refractivity contribution in [2.45, 2.75) is 19.3 Å². The van der Waals surface area contributed by atoms with Crippen LogP contribution in [-0.2, 0) is 11.2 Å². The maximum Gasteiger partial charge on any atom is 0.227 e. The summed E-state index contributed by atoms with van der Waals surface area (Å²) in [5, 5.41) is 4.06. The average Bonchev–Trinajstić information content (AvgIpc) is 3.17. The molecule has 1 aliphatic heterocycles. The molecule has 0 unspecified atom stereocenters. The predicted octanol–water partition coefficient (Wildman–Crippen LogP) is 4.30. The van der Waals surface area contributed by atoms with E-state index in [9.17, 15) is 4.79 Å². The highest BCUT2D eigenvalue weighted by Crippen LogP contribution is 2.23. The molecule has 1 aliphatic rings. The van der Waals surface area contributed by atoms with Crippen LogP contribution in [0.5, 0.6) is 0 Å². The molecule has 3 aromatic rings. The summed E-state index contributed by atoms with van der Waals surface area (Å²) in [6.45, 7) is 3.04. The predicted molar refractivity (Wildman–Crippen MR) is 119 cm³/mol. The van der Waals surface area contributed by atoms with Gasteiger partial charge < -0.3 is 15.2 Å². The molecule has 5 nitrogen and oxygen atoms in total. The number of likely N-dealkylation sites (tertiary alicyclic amines) is 1. The fourth-order valence-corrected chi connectivity index (χ4v) is 3.66. The van der Waals surface area contributed by atoms with Crippen molar-refractivity contribution in [3.05, 3.63) is 60.4 Å². The van der Waals surface area contributed by atoms with Crippen LogP contribution in [0.15, 0.2) is 54.9 Å². The van der Waals surface area contributed by atoms with E-state index in [0.29, 0.717) is 0 Å². The topological polar surface area (TPSA) is 61.0 Å². The Labute approximate surface area is 177 Å². The van der Waals surface area contributed by atoms with Crippen LogP contribution in [0.1, 0.15) is 18.4 Å². The number of nitrogens with one attached hydrogen (secondary N) is 2. The van der Waals surface area contributed by atoms with Gasteiger partial charge in [0.25, 0.3) is 0 Å². The third-order valence-corrected chi connectivity index (χ3v) is 5.24. The summed E-state index contributed by atoms with van der Waals surface area (Å²) in [7, 11) is 0. The van der Waals surface area contributed by atoms with Gasteiger partial charge in [0.2, 0.25) is 5.91 Å². The second-order valence-electron chi connectivity index (χ2n) is 6.94. The van der Waals surface area contributed by atoms with E-state index in [1.54, 1.807) is 6.20 Å². The van der Waals surface area contributed by atoms with Gasteiger partial charge in [-0.15, -0.1) is 24.8 Å². The normalized spacial score (nSPS) is 14.9. The third-order valence-electron chi connectivity index (χ3n) is 5.24. The van der Waals surface area contributed by atoms with Gasteiger partial charge in [0.1, 0.15) is 5.65 Å². The number of carbonyl (C=O) groups is 1. The summed E-state index contributed by atoms with van der Waals surface area (Å²) in [4.78, 5) is 22.5. The summed E-state index contributed by atoms with van der Waals surface area (Å²) in [5.41, 5.74) is 3.02. The Morgan fingerprint density at radius 3 is 2.61 bits per heavy atom. The first-order chi connectivity index (χ1) is 12.8. The lowest BCUT2D eigenvalue weighted by molar-refractivity contribution is -0.121. The molecular weight excluding hydrogens is 395 g/mol. The van der Waals surface area contributed by atoms with Crippen LogP contribution < -0.4 is 5.32 Å². The molecule has 0 spiro atoms. The number of halogens is 2. The number of nitrogens with zero attached hydrogens (tertiary/aromatic N) is 2. The molecule has 150 valence electrons. The molecule has 1 aromatic carbocycles. The number of H-pyrrole nitrogens is 1. The van der Waals surface area contributed by atoms with Crippen molar-refractivity contribution < 1.29 is 4.79 Å². The molecule has 2 N–H and O–H groups in total. The second kappa shape index (κ2) is 10.5. The van der Waals surface area contributed by atoms with Crippen LogP contribution in [0.4, 0.5) is 5.69 Å². The number of hydrogen-bond donors (Lipinski definition) is 2. The van der Waals surface area contributed by atoms with E-state index in [2.05, 4.69) is 50.5 Å². The Morgan fingerprint density at radius 1 is 1.11 bits per heavy atom. The van der Waals surface area contributed by atoms with Crippen molar-refractivity contribution in [2.24, 2.45) is 5.92 Å². The van der Waals surface area contributed by atoms with Crippen LogP contribution in [0.3, 0.4) is 0 Å². The second-order valence-corrected chi connectivity index (χ2v) is 6.94. The van der Waals surface area contributed by atoms with Crippen LogP contribution >= 0.6 is 24.8 Å². The molecule has 0 saturated carbocycles. The molecule has 1 fully saturated rings. The van der Waals surface area contributed by atoms with Crippen molar-refractivity contribution in [2.75, 3.05) is 25.0 Å². The van der Waals surface area contributed by atoms with E-state index in [4.69, 9.17) is 0 Å². The van der Waals surface area contributed by atoms with Gasteiger partial charge in [0.15, 0.2) is 0 Å². The van der Waals surface area contributed by atoms with Gasteiger partial charge in [0, 0.05) is 30.2 Å². The monoisotopic (exact) mass is 420 g/mol. The highest BCUT2D eigenvalue weighted by Gasteiger charge is 2.25. The molecule has 1 saturated heterocycles. The molecule has 7 heteroatoms. The molecule has 0 atom stereocenters. The minimum atomic E-state index is 0. The van der Waals surface area contributed by atoms with Gasteiger partial charge in [-0.25, -0.2) is 4.98 Å². The van der Waals surface area contributed by atoms with Crippen LogP contribution in [0.2, 0.25) is 0 Å². The number of fused-ring (bicyclic) bond motifs is 1. The zero-order chi connectivity index (χ0) is 17.8. The van der Waals surface area contributed by atoms with E-state index in [1.807, 2.05) is 18.3 Å². The maximum absolute atomic E-state index is 12.7. The zero-order valence-corrected chi connectivity index (χ0v) is 17.3. The number of aromatic amines is 1. The Bertz CT molecular complexity index is 876. The highest BCUT2D eigenvalue weighted by atomic mass is 35.5. The number of pyridine rings is 1. The van der Waals surface area contributed by atoms with Gasteiger partial charge >= 0.3 is 0 Å². The van der Waals surface area contributed by atoms with E-state index < -0.39 is 0 Å². The number of anilines is 1. The summed E-state index contributed by atoms with van der Waals surface area (Å²) in [5.74, 6) is 0.214. The third kappa shape index (κ3) is 5.25. The number of hydrogen-bond acceptors (Lipinski definition) is 3. The SMILES string of the molecule is Cl.Cl.O=C(Nc1ccnc2[nH]ccc12)C1CCN(CCc2ccccc2)CC1. The molecular formula is C21H26Cl2N4O. The first kappa shape index (κ1) is 22.2. The van der Waals surface area contributed by atoms with Crippen molar-refractivity contribution >= 4 is 47.4 Å². The van der Waals surface area contributed by atoms with Gasteiger partial charge in [-0.2, -0.15) is 0 Å². The summed E-state index contributed by atoms with van der Waals surface area (Å²) in [6.07, 6.45) is 6.48. The highest BCUT2D eigenvalue weighted by molar-refractivity contribution is 6.00. The van der Waals surface area contributed by atoms with E-state index in [-0.39, 0.29) is 36.6 Å². The molecule has 0 aliphatic carbocycles. The fraction of sp³-hybridized carbons (Fsp3) is 0.333. The van der Waals surface area contributed by atoms with E-state index in [1.165, 1.54) is 5.56 Å². The molecule has 2 aromatic heterocycles. The number of amides is 1. The zero-order valence-electron chi connectivity index (χ0n) is 15.6. The summed E-state index contributed by atoms with van der Waals surface area (Å²) >= 11 is 0.